The van der Waals surface area contributed by atoms with Gasteiger partial charge in [0.2, 0.25) is 0 Å². The molecule has 1 aliphatic carbocycles. The first-order valence-corrected chi connectivity index (χ1v) is 8.13. The lowest BCUT2D eigenvalue weighted by atomic mass is 10.1. The van der Waals surface area contributed by atoms with Gasteiger partial charge in [0.1, 0.15) is 0 Å². The molecule has 3 N–H and O–H groups in total. The van der Waals surface area contributed by atoms with Crippen molar-refractivity contribution in [1.29, 1.82) is 0 Å². The summed E-state index contributed by atoms with van der Waals surface area (Å²) in [5.74, 6) is 0.598. The molecule has 0 aliphatic heterocycles. The second-order valence-corrected chi connectivity index (χ2v) is 6.12. The number of aromatic nitrogens is 2. The zero-order valence-electron chi connectivity index (χ0n) is 14.1. The molecule has 0 atom stereocenters. The van der Waals surface area contributed by atoms with Crippen LogP contribution < -0.4 is 11.1 Å². The van der Waals surface area contributed by atoms with Crippen LogP contribution in [0, 0.1) is 13.8 Å². The zero-order valence-corrected chi connectivity index (χ0v) is 16.4. The number of nitrogens with zero attached hydrogens (tertiary/aromatic N) is 3. The van der Waals surface area contributed by atoms with Crippen LogP contribution in [-0.2, 0) is 13.5 Å². The highest BCUT2D eigenvalue weighted by molar-refractivity contribution is 14.0. The highest BCUT2D eigenvalue weighted by atomic mass is 127. The second kappa shape index (κ2) is 9.37. The molecule has 0 aromatic carbocycles. The van der Waals surface area contributed by atoms with Gasteiger partial charge in [-0.3, -0.25) is 9.67 Å². The van der Waals surface area contributed by atoms with Gasteiger partial charge in [-0.05, 0) is 38.7 Å². The van der Waals surface area contributed by atoms with E-state index in [4.69, 9.17) is 5.73 Å². The van der Waals surface area contributed by atoms with Crippen molar-refractivity contribution in [2.24, 2.45) is 17.8 Å². The summed E-state index contributed by atoms with van der Waals surface area (Å²) < 4.78 is 1.93. The van der Waals surface area contributed by atoms with E-state index in [2.05, 4.69) is 29.3 Å². The Kier molecular flexibility index (Phi) is 8.20. The van der Waals surface area contributed by atoms with E-state index >= 15 is 0 Å². The molecule has 1 heterocycles. The van der Waals surface area contributed by atoms with Gasteiger partial charge in [0, 0.05) is 25.3 Å². The van der Waals surface area contributed by atoms with Crippen LogP contribution in [0.4, 0.5) is 0 Å². The maximum atomic E-state index is 6.02. The molecule has 22 heavy (non-hydrogen) atoms. The number of nitrogens with one attached hydrogen (secondary N) is 1. The molecule has 5 nitrogen and oxygen atoms in total. The molecule has 1 aromatic rings. The Morgan fingerprint density at radius 1 is 1.27 bits per heavy atom. The van der Waals surface area contributed by atoms with E-state index in [0.717, 1.165) is 18.7 Å². The Labute approximate surface area is 151 Å². The predicted octanol–water partition coefficient (Wildman–Crippen LogP) is 2.82. The van der Waals surface area contributed by atoms with E-state index in [1.54, 1.807) is 0 Å². The number of aryl methyl sites for hydroxylation is 2. The van der Waals surface area contributed by atoms with Gasteiger partial charge in [-0.25, -0.2) is 0 Å². The first-order chi connectivity index (χ1) is 10.1. The number of hydrogen-bond donors (Lipinski definition) is 2. The Morgan fingerprint density at radius 3 is 2.45 bits per heavy atom. The molecule has 2 rings (SSSR count). The van der Waals surface area contributed by atoms with E-state index in [-0.39, 0.29) is 24.0 Å². The minimum Gasteiger partial charge on any atom is -0.370 e. The van der Waals surface area contributed by atoms with Gasteiger partial charge in [-0.15, -0.1) is 24.0 Å². The molecule has 126 valence electrons. The summed E-state index contributed by atoms with van der Waals surface area (Å²) in [6, 6.07) is 0.512. The van der Waals surface area contributed by atoms with Crippen molar-refractivity contribution < 1.29 is 0 Å². The highest BCUT2D eigenvalue weighted by Gasteiger charge is 2.12. The van der Waals surface area contributed by atoms with Crippen LogP contribution in [0.15, 0.2) is 4.99 Å². The smallest absolute Gasteiger partial charge is 0.188 e. The zero-order chi connectivity index (χ0) is 15.2. The van der Waals surface area contributed by atoms with Crippen molar-refractivity contribution in [3.63, 3.8) is 0 Å². The van der Waals surface area contributed by atoms with Crippen molar-refractivity contribution in [3.05, 3.63) is 17.0 Å². The quantitative estimate of drug-likeness (QED) is 0.341. The molecule has 0 radical (unpaired) electrons. The monoisotopic (exact) mass is 419 g/mol. The van der Waals surface area contributed by atoms with Gasteiger partial charge < -0.3 is 11.1 Å². The maximum Gasteiger partial charge on any atom is 0.188 e. The van der Waals surface area contributed by atoms with E-state index < -0.39 is 0 Å². The summed E-state index contributed by atoms with van der Waals surface area (Å²) in [7, 11) is 1.98. The number of nitrogens with two attached hydrogens (primary N) is 1. The summed E-state index contributed by atoms with van der Waals surface area (Å²) in [5.41, 5.74) is 9.63. The summed E-state index contributed by atoms with van der Waals surface area (Å²) in [4.78, 5) is 4.48. The Bertz CT molecular complexity index is 487. The van der Waals surface area contributed by atoms with E-state index in [0.29, 0.717) is 12.0 Å². The van der Waals surface area contributed by atoms with Crippen molar-refractivity contribution in [3.8, 4) is 0 Å². The van der Waals surface area contributed by atoms with Crippen LogP contribution in [0.25, 0.3) is 0 Å². The molecule has 0 saturated heterocycles. The van der Waals surface area contributed by atoms with Gasteiger partial charge in [0.05, 0.1) is 5.69 Å². The Hall–Kier alpha value is -0.790. The third-order valence-corrected chi connectivity index (χ3v) is 4.51. The minimum absolute atomic E-state index is 0. The third kappa shape index (κ3) is 5.44. The van der Waals surface area contributed by atoms with Crippen LogP contribution in [0.1, 0.15) is 55.5 Å². The van der Waals surface area contributed by atoms with Crippen LogP contribution >= 0.6 is 24.0 Å². The Balaban J connectivity index is 0.00000242. The van der Waals surface area contributed by atoms with Crippen molar-refractivity contribution in [2.75, 3.05) is 6.54 Å². The summed E-state index contributed by atoms with van der Waals surface area (Å²) in [6.07, 6.45) is 8.66. The van der Waals surface area contributed by atoms with Gasteiger partial charge >= 0.3 is 0 Å². The van der Waals surface area contributed by atoms with Gasteiger partial charge in [-0.1, -0.05) is 25.7 Å². The molecule has 0 spiro atoms. The Morgan fingerprint density at radius 2 is 1.91 bits per heavy atom. The number of aliphatic imine (C=N–C) groups is 1. The average molecular weight is 419 g/mol. The molecular formula is C16H30IN5. The number of guanidine groups is 1. The maximum absolute atomic E-state index is 6.02. The predicted molar refractivity (Wildman–Crippen MR) is 103 cm³/mol. The van der Waals surface area contributed by atoms with Gasteiger partial charge in [0.15, 0.2) is 5.96 Å². The van der Waals surface area contributed by atoms with Crippen LogP contribution in [0.5, 0.6) is 0 Å². The average Bonchev–Trinajstić information content (AvgIpc) is 2.65. The van der Waals surface area contributed by atoms with Crippen LogP contribution in [0.3, 0.4) is 0 Å². The fraction of sp³-hybridized carbons (Fsp3) is 0.750. The van der Waals surface area contributed by atoms with Crippen LogP contribution in [-0.4, -0.2) is 28.3 Å². The molecule has 1 fully saturated rings. The molecule has 0 unspecified atom stereocenters. The van der Waals surface area contributed by atoms with Crippen molar-refractivity contribution >= 4 is 29.9 Å². The van der Waals surface area contributed by atoms with E-state index in [1.807, 2.05) is 11.7 Å². The lowest BCUT2D eigenvalue weighted by Gasteiger charge is -2.16. The second-order valence-electron chi connectivity index (χ2n) is 6.12. The molecule has 0 amide bonds. The van der Waals surface area contributed by atoms with Gasteiger partial charge in [0.25, 0.3) is 0 Å². The fourth-order valence-electron chi connectivity index (χ4n) is 3.15. The topological polar surface area (TPSA) is 68.2 Å². The SMILES string of the molecule is Cc1nn(C)c(C)c1CCN=C(N)NC1CCCCCC1.I. The standard InChI is InChI=1S/C16H29N5.HI/c1-12-15(13(2)21(3)20-12)10-11-18-16(17)19-14-8-6-4-5-7-9-14;/h14H,4-11H2,1-3H3,(H3,17,18,19);1H. The molecular weight excluding hydrogens is 389 g/mol. The first kappa shape index (κ1) is 19.3. The third-order valence-electron chi connectivity index (χ3n) is 4.51. The first-order valence-electron chi connectivity index (χ1n) is 8.13. The summed E-state index contributed by atoms with van der Waals surface area (Å²) >= 11 is 0. The molecule has 1 aliphatic rings. The van der Waals surface area contributed by atoms with Crippen molar-refractivity contribution in [2.45, 2.75) is 64.8 Å². The molecule has 0 bridgehead atoms. The van der Waals surface area contributed by atoms with Crippen molar-refractivity contribution in [1.82, 2.24) is 15.1 Å². The lowest BCUT2D eigenvalue weighted by Crippen LogP contribution is -2.40. The number of halogens is 1. The van der Waals surface area contributed by atoms with Gasteiger partial charge in [-0.2, -0.15) is 5.10 Å². The summed E-state index contributed by atoms with van der Waals surface area (Å²) in [6.45, 7) is 4.88. The summed E-state index contributed by atoms with van der Waals surface area (Å²) in [5, 5.41) is 7.82. The normalized spacial score (nSPS) is 17.0. The highest BCUT2D eigenvalue weighted by Crippen LogP contribution is 2.17. The molecule has 1 aromatic heterocycles. The number of rotatable bonds is 4. The van der Waals surface area contributed by atoms with E-state index in [9.17, 15) is 0 Å². The van der Waals surface area contributed by atoms with Crippen LogP contribution in [0.2, 0.25) is 0 Å². The number of hydrogen-bond acceptors (Lipinski definition) is 2. The molecule has 6 heteroatoms. The fourth-order valence-corrected chi connectivity index (χ4v) is 3.15. The minimum atomic E-state index is 0. The lowest BCUT2D eigenvalue weighted by molar-refractivity contribution is 0.530. The molecule has 1 saturated carbocycles. The largest absolute Gasteiger partial charge is 0.370 e. The van der Waals surface area contributed by atoms with E-state index in [1.165, 1.54) is 49.8 Å².